The second-order valence-corrected chi connectivity index (χ2v) is 4.21. The minimum absolute atomic E-state index is 0.0234. The van der Waals surface area contributed by atoms with E-state index in [0.29, 0.717) is 17.3 Å². The fourth-order valence-electron chi connectivity index (χ4n) is 2.09. The van der Waals surface area contributed by atoms with E-state index in [-0.39, 0.29) is 5.91 Å². The first-order valence-electron chi connectivity index (χ1n) is 5.43. The minimum atomic E-state index is 0.0234. The molecule has 2 rings (SSSR count). The van der Waals surface area contributed by atoms with Gasteiger partial charge in [-0.2, -0.15) is 0 Å². The highest BCUT2D eigenvalue weighted by molar-refractivity contribution is 5.93. The fraction of sp³-hybridized carbons (Fsp3) is 0.545. The van der Waals surface area contributed by atoms with Crippen molar-refractivity contribution in [3.8, 4) is 0 Å². The van der Waals surface area contributed by atoms with E-state index in [1.54, 1.807) is 19.4 Å². The zero-order valence-corrected chi connectivity index (χ0v) is 9.40. The Hall–Kier alpha value is -1.49. The van der Waals surface area contributed by atoms with Gasteiger partial charge in [0.2, 0.25) is 0 Å². The van der Waals surface area contributed by atoms with Gasteiger partial charge in [0.1, 0.15) is 5.69 Å². The van der Waals surface area contributed by atoms with E-state index in [4.69, 9.17) is 10.5 Å². The zero-order valence-electron chi connectivity index (χ0n) is 9.40. The highest BCUT2D eigenvalue weighted by atomic mass is 16.5. The van der Waals surface area contributed by atoms with Gasteiger partial charge < -0.3 is 20.4 Å². The summed E-state index contributed by atoms with van der Waals surface area (Å²) in [5, 5.41) is 0. The van der Waals surface area contributed by atoms with Crippen LogP contribution in [-0.4, -0.2) is 42.6 Å². The first-order chi connectivity index (χ1) is 7.70. The predicted molar refractivity (Wildman–Crippen MR) is 61.1 cm³/mol. The molecule has 0 aliphatic carbocycles. The third kappa shape index (κ3) is 2.19. The molecular weight excluding hydrogens is 206 g/mol. The van der Waals surface area contributed by atoms with Crippen LogP contribution in [0.15, 0.2) is 12.3 Å². The van der Waals surface area contributed by atoms with Crippen molar-refractivity contribution < 1.29 is 9.53 Å². The number of hydrogen-bond donors (Lipinski definition) is 2. The molecule has 88 valence electrons. The van der Waals surface area contributed by atoms with Crippen molar-refractivity contribution in [1.82, 2.24) is 9.88 Å². The number of nitrogens with one attached hydrogen (secondary N) is 1. The number of methoxy groups -OCH3 is 1. The SMILES string of the molecule is COCC1CCN(C(=O)c2cc(N)c[nH]2)C1. The summed E-state index contributed by atoms with van der Waals surface area (Å²) in [5.74, 6) is 0.483. The molecular formula is C11H17N3O2. The van der Waals surface area contributed by atoms with Crippen molar-refractivity contribution in [2.45, 2.75) is 6.42 Å². The molecule has 1 amide bonds. The second-order valence-electron chi connectivity index (χ2n) is 4.21. The molecule has 1 aliphatic rings. The van der Waals surface area contributed by atoms with Crippen LogP contribution in [-0.2, 0) is 4.74 Å². The molecule has 16 heavy (non-hydrogen) atoms. The maximum Gasteiger partial charge on any atom is 0.270 e. The van der Waals surface area contributed by atoms with E-state index in [1.807, 2.05) is 4.90 Å². The second kappa shape index (κ2) is 4.57. The lowest BCUT2D eigenvalue weighted by atomic mass is 10.1. The van der Waals surface area contributed by atoms with Crippen LogP contribution < -0.4 is 5.73 Å². The van der Waals surface area contributed by atoms with Crippen molar-refractivity contribution in [3.63, 3.8) is 0 Å². The molecule has 1 atom stereocenters. The molecule has 1 aromatic rings. The molecule has 1 saturated heterocycles. The Bertz CT molecular complexity index is 375. The van der Waals surface area contributed by atoms with Crippen molar-refractivity contribution in [1.29, 1.82) is 0 Å². The van der Waals surface area contributed by atoms with Crippen LogP contribution in [0.2, 0.25) is 0 Å². The molecule has 0 aromatic carbocycles. The lowest BCUT2D eigenvalue weighted by molar-refractivity contribution is 0.0770. The van der Waals surface area contributed by atoms with E-state index < -0.39 is 0 Å². The van der Waals surface area contributed by atoms with Crippen LogP contribution in [0.25, 0.3) is 0 Å². The Kier molecular flexibility index (Phi) is 3.14. The molecule has 1 aromatic heterocycles. The Morgan fingerprint density at radius 2 is 2.56 bits per heavy atom. The summed E-state index contributed by atoms with van der Waals surface area (Å²) in [7, 11) is 1.69. The number of carbonyl (C=O) groups is 1. The first-order valence-corrected chi connectivity index (χ1v) is 5.43. The molecule has 0 saturated carbocycles. The number of H-pyrrole nitrogens is 1. The van der Waals surface area contributed by atoms with Crippen molar-refractivity contribution in [2.24, 2.45) is 5.92 Å². The number of aromatic amines is 1. The number of carbonyl (C=O) groups excluding carboxylic acids is 1. The summed E-state index contributed by atoms with van der Waals surface area (Å²) < 4.78 is 5.10. The van der Waals surface area contributed by atoms with E-state index >= 15 is 0 Å². The molecule has 0 spiro atoms. The number of ether oxygens (including phenoxy) is 1. The molecule has 1 aliphatic heterocycles. The number of anilines is 1. The summed E-state index contributed by atoms with van der Waals surface area (Å²) in [6.45, 7) is 2.29. The number of rotatable bonds is 3. The smallest absolute Gasteiger partial charge is 0.270 e. The normalized spacial score (nSPS) is 20.3. The fourth-order valence-corrected chi connectivity index (χ4v) is 2.09. The quantitative estimate of drug-likeness (QED) is 0.792. The van der Waals surface area contributed by atoms with Gasteiger partial charge in [0.25, 0.3) is 5.91 Å². The van der Waals surface area contributed by atoms with Gasteiger partial charge in [0, 0.05) is 38.0 Å². The third-order valence-electron chi connectivity index (χ3n) is 2.91. The standard InChI is InChI=1S/C11H17N3O2/c1-16-7-8-2-3-14(6-8)11(15)10-4-9(12)5-13-10/h4-5,8,13H,2-3,6-7,12H2,1H3. The molecule has 5 nitrogen and oxygen atoms in total. The van der Waals surface area contributed by atoms with Crippen LogP contribution in [0, 0.1) is 5.92 Å². The van der Waals surface area contributed by atoms with Crippen LogP contribution in [0.3, 0.4) is 0 Å². The lowest BCUT2D eigenvalue weighted by Crippen LogP contribution is -2.29. The van der Waals surface area contributed by atoms with Gasteiger partial charge >= 0.3 is 0 Å². The van der Waals surface area contributed by atoms with E-state index in [9.17, 15) is 4.79 Å². The van der Waals surface area contributed by atoms with Gasteiger partial charge in [-0.1, -0.05) is 0 Å². The van der Waals surface area contributed by atoms with Gasteiger partial charge in [0.05, 0.1) is 6.61 Å². The molecule has 2 heterocycles. The van der Waals surface area contributed by atoms with Crippen molar-refractivity contribution in [3.05, 3.63) is 18.0 Å². The van der Waals surface area contributed by atoms with Crippen molar-refractivity contribution in [2.75, 3.05) is 32.5 Å². The van der Waals surface area contributed by atoms with Gasteiger partial charge in [-0.05, 0) is 12.5 Å². The highest BCUT2D eigenvalue weighted by Gasteiger charge is 2.27. The van der Waals surface area contributed by atoms with Gasteiger partial charge in [-0.25, -0.2) is 0 Å². The monoisotopic (exact) mass is 223 g/mol. The average molecular weight is 223 g/mol. The number of amides is 1. The zero-order chi connectivity index (χ0) is 11.5. The first kappa shape index (κ1) is 11.0. The summed E-state index contributed by atoms with van der Waals surface area (Å²) >= 11 is 0. The lowest BCUT2D eigenvalue weighted by Gasteiger charge is -2.15. The van der Waals surface area contributed by atoms with E-state index in [1.165, 1.54) is 0 Å². The van der Waals surface area contributed by atoms with E-state index in [0.717, 1.165) is 26.1 Å². The molecule has 5 heteroatoms. The van der Waals surface area contributed by atoms with Crippen LogP contribution in [0.5, 0.6) is 0 Å². The summed E-state index contributed by atoms with van der Waals surface area (Å²) in [4.78, 5) is 16.7. The van der Waals surface area contributed by atoms with Gasteiger partial charge in [0.15, 0.2) is 0 Å². The highest BCUT2D eigenvalue weighted by Crippen LogP contribution is 2.19. The Balaban J connectivity index is 1.97. The summed E-state index contributed by atoms with van der Waals surface area (Å²) in [6, 6.07) is 1.67. The molecule has 3 N–H and O–H groups in total. The van der Waals surface area contributed by atoms with Crippen LogP contribution >= 0.6 is 0 Å². The average Bonchev–Trinajstić information content (AvgIpc) is 2.87. The van der Waals surface area contributed by atoms with Crippen LogP contribution in [0.1, 0.15) is 16.9 Å². The molecule has 0 bridgehead atoms. The van der Waals surface area contributed by atoms with E-state index in [2.05, 4.69) is 4.98 Å². The Morgan fingerprint density at radius 3 is 3.19 bits per heavy atom. The summed E-state index contributed by atoms with van der Waals surface area (Å²) in [5.41, 5.74) is 6.73. The number of aromatic nitrogens is 1. The topological polar surface area (TPSA) is 71.3 Å². The Labute approximate surface area is 94.6 Å². The maximum absolute atomic E-state index is 12.0. The minimum Gasteiger partial charge on any atom is -0.397 e. The largest absolute Gasteiger partial charge is 0.397 e. The molecule has 0 radical (unpaired) electrons. The predicted octanol–water partition coefficient (Wildman–Crippen LogP) is 0.705. The number of nitrogens with zero attached hydrogens (tertiary/aromatic N) is 1. The third-order valence-corrected chi connectivity index (χ3v) is 2.91. The van der Waals surface area contributed by atoms with Gasteiger partial charge in [-0.15, -0.1) is 0 Å². The Morgan fingerprint density at radius 1 is 1.75 bits per heavy atom. The number of nitrogens with two attached hydrogens (primary N) is 1. The number of hydrogen-bond acceptors (Lipinski definition) is 3. The maximum atomic E-state index is 12.0. The number of likely N-dealkylation sites (tertiary alicyclic amines) is 1. The molecule has 1 fully saturated rings. The van der Waals surface area contributed by atoms with Crippen LogP contribution in [0.4, 0.5) is 5.69 Å². The van der Waals surface area contributed by atoms with Crippen molar-refractivity contribution >= 4 is 11.6 Å². The molecule has 1 unspecified atom stereocenters. The number of nitrogen functional groups attached to an aromatic ring is 1. The van der Waals surface area contributed by atoms with Gasteiger partial charge in [-0.3, -0.25) is 4.79 Å². The summed E-state index contributed by atoms with van der Waals surface area (Å²) in [6.07, 6.45) is 2.64.